The first kappa shape index (κ1) is 12.7. The average molecular weight is 222 g/mol. The van der Waals surface area contributed by atoms with Gasteiger partial charge < -0.3 is 15.7 Å². The Bertz CT molecular complexity index is 364. The monoisotopic (exact) mass is 222 g/mol. The van der Waals surface area contributed by atoms with Crippen LogP contribution in [0, 0.1) is 13.8 Å². The highest BCUT2D eigenvalue weighted by molar-refractivity contribution is 5.93. The Morgan fingerprint density at radius 3 is 2.81 bits per heavy atom. The number of anilines is 1. The summed E-state index contributed by atoms with van der Waals surface area (Å²) in [4.78, 5) is 11.5. The van der Waals surface area contributed by atoms with Gasteiger partial charge in [0.25, 0.3) is 0 Å². The van der Waals surface area contributed by atoms with Gasteiger partial charge in [-0.2, -0.15) is 0 Å². The number of carbonyl (C=O) groups excluding carboxylic acids is 1. The molecule has 1 aromatic rings. The number of benzene rings is 1. The van der Waals surface area contributed by atoms with Crippen molar-refractivity contribution in [2.75, 3.05) is 25.0 Å². The SMILES string of the molecule is Cc1ccc(C)c(NC(=O)CNCCO)c1. The molecule has 4 heteroatoms. The Morgan fingerprint density at radius 1 is 1.38 bits per heavy atom. The number of nitrogens with one attached hydrogen (secondary N) is 2. The van der Waals surface area contributed by atoms with Crippen LogP contribution >= 0.6 is 0 Å². The number of hydrogen-bond donors (Lipinski definition) is 3. The summed E-state index contributed by atoms with van der Waals surface area (Å²) in [6.45, 7) is 4.63. The zero-order chi connectivity index (χ0) is 12.0. The molecule has 16 heavy (non-hydrogen) atoms. The van der Waals surface area contributed by atoms with Gasteiger partial charge in [0.2, 0.25) is 5.91 Å². The molecule has 0 aliphatic heterocycles. The average Bonchev–Trinajstić information content (AvgIpc) is 2.24. The molecule has 0 fully saturated rings. The van der Waals surface area contributed by atoms with Crippen LogP contribution in [0.1, 0.15) is 11.1 Å². The summed E-state index contributed by atoms with van der Waals surface area (Å²) in [7, 11) is 0. The lowest BCUT2D eigenvalue weighted by atomic mass is 10.1. The molecule has 1 rings (SSSR count). The van der Waals surface area contributed by atoms with E-state index in [4.69, 9.17) is 5.11 Å². The van der Waals surface area contributed by atoms with E-state index in [9.17, 15) is 4.79 Å². The third kappa shape index (κ3) is 4.00. The lowest BCUT2D eigenvalue weighted by Crippen LogP contribution is -2.30. The zero-order valence-electron chi connectivity index (χ0n) is 9.71. The second kappa shape index (κ2) is 6.25. The summed E-state index contributed by atoms with van der Waals surface area (Å²) >= 11 is 0. The van der Waals surface area contributed by atoms with Crippen molar-refractivity contribution in [1.29, 1.82) is 0 Å². The number of carbonyl (C=O) groups is 1. The van der Waals surface area contributed by atoms with Crippen molar-refractivity contribution in [3.8, 4) is 0 Å². The Kier molecular flexibility index (Phi) is 4.95. The molecule has 3 N–H and O–H groups in total. The van der Waals surface area contributed by atoms with E-state index in [2.05, 4.69) is 10.6 Å². The quantitative estimate of drug-likeness (QED) is 0.646. The maximum Gasteiger partial charge on any atom is 0.238 e. The van der Waals surface area contributed by atoms with Crippen LogP contribution in [0.2, 0.25) is 0 Å². The van der Waals surface area contributed by atoms with E-state index in [1.165, 1.54) is 0 Å². The molecule has 0 unspecified atom stereocenters. The predicted molar refractivity (Wildman–Crippen MR) is 64.5 cm³/mol. The maximum absolute atomic E-state index is 11.5. The molecular formula is C12H18N2O2. The summed E-state index contributed by atoms with van der Waals surface area (Å²) in [6.07, 6.45) is 0. The highest BCUT2D eigenvalue weighted by atomic mass is 16.3. The van der Waals surface area contributed by atoms with Crippen molar-refractivity contribution < 1.29 is 9.90 Å². The Hall–Kier alpha value is -1.39. The van der Waals surface area contributed by atoms with E-state index in [-0.39, 0.29) is 19.1 Å². The minimum absolute atomic E-state index is 0.0384. The van der Waals surface area contributed by atoms with Gasteiger partial charge in [0.05, 0.1) is 13.2 Å². The van der Waals surface area contributed by atoms with E-state index < -0.39 is 0 Å². The van der Waals surface area contributed by atoms with Gasteiger partial charge in [0.15, 0.2) is 0 Å². The highest BCUT2D eigenvalue weighted by Crippen LogP contribution is 2.15. The van der Waals surface area contributed by atoms with Crippen LogP contribution in [0.3, 0.4) is 0 Å². The van der Waals surface area contributed by atoms with Gasteiger partial charge in [-0.05, 0) is 31.0 Å². The van der Waals surface area contributed by atoms with E-state index in [0.717, 1.165) is 16.8 Å². The number of aryl methyl sites for hydroxylation is 2. The molecule has 1 aromatic carbocycles. The molecule has 88 valence electrons. The number of rotatable bonds is 5. The Balaban J connectivity index is 2.52. The standard InChI is InChI=1S/C12H18N2O2/c1-9-3-4-10(2)11(7-9)14-12(16)8-13-5-6-15/h3-4,7,13,15H,5-6,8H2,1-2H3,(H,14,16). The van der Waals surface area contributed by atoms with Gasteiger partial charge in [-0.1, -0.05) is 12.1 Å². The number of amides is 1. The topological polar surface area (TPSA) is 61.4 Å². The van der Waals surface area contributed by atoms with Crippen molar-refractivity contribution in [1.82, 2.24) is 5.32 Å². The van der Waals surface area contributed by atoms with Gasteiger partial charge in [-0.25, -0.2) is 0 Å². The second-order valence-corrected chi connectivity index (χ2v) is 3.77. The first-order valence-corrected chi connectivity index (χ1v) is 5.32. The minimum Gasteiger partial charge on any atom is -0.395 e. The van der Waals surface area contributed by atoms with Crippen LogP contribution < -0.4 is 10.6 Å². The van der Waals surface area contributed by atoms with Gasteiger partial charge >= 0.3 is 0 Å². The summed E-state index contributed by atoms with van der Waals surface area (Å²) in [5, 5.41) is 14.2. The lowest BCUT2D eigenvalue weighted by Gasteiger charge is -2.09. The fourth-order valence-corrected chi connectivity index (χ4v) is 1.35. The van der Waals surface area contributed by atoms with Crippen molar-refractivity contribution in [2.24, 2.45) is 0 Å². The van der Waals surface area contributed by atoms with Gasteiger partial charge in [-0.15, -0.1) is 0 Å². The maximum atomic E-state index is 11.5. The molecule has 4 nitrogen and oxygen atoms in total. The first-order chi connectivity index (χ1) is 7.63. The smallest absolute Gasteiger partial charge is 0.238 e. The molecule has 0 radical (unpaired) electrons. The van der Waals surface area contributed by atoms with E-state index in [1.54, 1.807) is 0 Å². The molecule has 0 aromatic heterocycles. The lowest BCUT2D eigenvalue weighted by molar-refractivity contribution is -0.115. The summed E-state index contributed by atoms with van der Waals surface area (Å²) in [5.74, 6) is -0.0952. The molecule has 0 bridgehead atoms. The fourth-order valence-electron chi connectivity index (χ4n) is 1.35. The van der Waals surface area contributed by atoms with E-state index in [1.807, 2.05) is 32.0 Å². The second-order valence-electron chi connectivity index (χ2n) is 3.77. The number of hydrogen-bond acceptors (Lipinski definition) is 3. The molecular weight excluding hydrogens is 204 g/mol. The van der Waals surface area contributed by atoms with Gasteiger partial charge in [-0.3, -0.25) is 4.79 Å². The molecule has 0 aliphatic rings. The summed E-state index contributed by atoms with van der Waals surface area (Å²) in [5.41, 5.74) is 3.00. The van der Waals surface area contributed by atoms with Crippen molar-refractivity contribution in [3.63, 3.8) is 0 Å². The summed E-state index contributed by atoms with van der Waals surface area (Å²) < 4.78 is 0. The number of aliphatic hydroxyl groups excluding tert-OH is 1. The van der Waals surface area contributed by atoms with Gasteiger partial charge in [0.1, 0.15) is 0 Å². The molecule has 1 amide bonds. The third-order valence-electron chi connectivity index (χ3n) is 2.24. The molecule has 0 aliphatic carbocycles. The normalized spacial score (nSPS) is 10.2. The third-order valence-corrected chi connectivity index (χ3v) is 2.24. The first-order valence-electron chi connectivity index (χ1n) is 5.32. The van der Waals surface area contributed by atoms with Crippen LogP contribution in [0.4, 0.5) is 5.69 Å². The fraction of sp³-hybridized carbons (Fsp3) is 0.417. The Morgan fingerprint density at radius 2 is 2.12 bits per heavy atom. The van der Waals surface area contributed by atoms with Crippen LogP contribution in [0.5, 0.6) is 0 Å². The molecule has 0 atom stereocenters. The van der Waals surface area contributed by atoms with Crippen LogP contribution in [0.15, 0.2) is 18.2 Å². The van der Waals surface area contributed by atoms with Crippen LogP contribution in [0.25, 0.3) is 0 Å². The van der Waals surface area contributed by atoms with Crippen LogP contribution in [-0.4, -0.2) is 30.7 Å². The Labute approximate surface area is 95.7 Å². The molecule has 0 heterocycles. The molecule has 0 saturated carbocycles. The van der Waals surface area contributed by atoms with Crippen molar-refractivity contribution >= 4 is 11.6 Å². The number of aliphatic hydroxyl groups is 1. The van der Waals surface area contributed by atoms with Crippen molar-refractivity contribution in [2.45, 2.75) is 13.8 Å². The van der Waals surface area contributed by atoms with Crippen molar-refractivity contribution in [3.05, 3.63) is 29.3 Å². The zero-order valence-corrected chi connectivity index (χ0v) is 9.71. The van der Waals surface area contributed by atoms with E-state index >= 15 is 0 Å². The molecule has 0 spiro atoms. The largest absolute Gasteiger partial charge is 0.395 e. The predicted octanol–water partition coefficient (Wildman–Crippen LogP) is 0.824. The van der Waals surface area contributed by atoms with Gasteiger partial charge in [0, 0.05) is 12.2 Å². The highest BCUT2D eigenvalue weighted by Gasteiger charge is 2.03. The minimum atomic E-state index is -0.0952. The molecule has 0 saturated heterocycles. The van der Waals surface area contributed by atoms with Crippen LogP contribution in [-0.2, 0) is 4.79 Å². The van der Waals surface area contributed by atoms with E-state index in [0.29, 0.717) is 6.54 Å². The summed E-state index contributed by atoms with van der Waals surface area (Å²) in [6, 6.07) is 5.93.